The number of hydrogen-bond donors (Lipinski definition) is 1. The summed E-state index contributed by atoms with van der Waals surface area (Å²) in [5, 5.41) is 2.30. The average Bonchev–Trinajstić information content (AvgIpc) is 2.75. The molecule has 2 aromatic carbocycles. The van der Waals surface area contributed by atoms with E-state index in [9.17, 15) is 4.79 Å². The van der Waals surface area contributed by atoms with Gasteiger partial charge in [0.15, 0.2) is 5.76 Å². The molecule has 0 aliphatic heterocycles. The predicted octanol–water partition coefficient (Wildman–Crippen LogP) is 2.79. The lowest BCUT2D eigenvalue weighted by atomic mass is 10.1. The van der Waals surface area contributed by atoms with Gasteiger partial charge in [-0.3, -0.25) is 4.98 Å². The summed E-state index contributed by atoms with van der Waals surface area (Å²) in [6, 6.07) is 14.0. The number of benzene rings is 2. The van der Waals surface area contributed by atoms with Gasteiger partial charge in [-0.2, -0.15) is 0 Å². The quantitative estimate of drug-likeness (QED) is 0.672. The monoisotopic (exact) mass is 211 g/mol. The second kappa shape index (κ2) is 3.38. The molecule has 1 heterocycles. The number of nitrogens with one attached hydrogen (secondary N) is 1. The summed E-state index contributed by atoms with van der Waals surface area (Å²) in [4.78, 5) is 13.4. The maximum absolute atomic E-state index is 10.9. The molecule has 0 radical (unpaired) electrons. The number of H-pyrrole nitrogens is 1. The Labute approximate surface area is 91.3 Å². The molecule has 0 atom stereocenters. The highest BCUT2D eigenvalue weighted by atomic mass is 16.4. The van der Waals surface area contributed by atoms with Crippen molar-refractivity contribution in [1.29, 1.82) is 0 Å². The molecular weight excluding hydrogens is 202 g/mol. The molecule has 16 heavy (non-hydrogen) atoms. The van der Waals surface area contributed by atoms with Crippen LogP contribution in [0.2, 0.25) is 0 Å². The van der Waals surface area contributed by atoms with Gasteiger partial charge in [0, 0.05) is 5.56 Å². The van der Waals surface area contributed by atoms with Crippen molar-refractivity contribution in [3.63, 3.8) is 0 Å². The van der Waals surface area contributed by atoms with Crippen LogP contribution >= 0.6 is 0 Å². The van der Waals surface area contributed by atoms with Crippen LogP contribution in [-0.4, -0.2) is 4.98 Å². The molecule has 0 aliphatic rings. The Kier molecular flexibility index (Phi) is 1.90. The first-order valence-electron chi connectivity index (χ1n) is 5.01. The Bertz CT molecular complexity index is 694. The van der Waals surface area contributed by atoms with Crippen LogP contribution in [0.1, 0.15) is 0 Å². The van der Waals surface area contributed by atoms with E-state index < -0.39 is 5.76 Å². The molecule has 0 saturated carbocycles. The van der Waals surface area contributed by atoms with Gasteiger partial charge in [-0.25, -0.2) is 4.79 Å². The van der Waals surface area contributed by atoms with E-state index in [0.717, 1.165) is 10.9 Å². The first kappa shape index (κ1) is 8.97. The van der Waals surface area contributed by atoms with Crippen molar-refractivity contribution >= 4 is 10.8 Å². The highest BCUT2D eigenvalue weighted by molar-refractivity contribution is 5.86. The van der Waals surface area contributed by atoms with Gasteiger partial charge in [-0.15, -0.1) is 0 Å². The number of rotatable bonds is 1. The first-order chi connectivity index (χ1) is 7.83. The molecule has 0 fully saturated rings. The number of hydrogen-bond acceptors (Lipinski definition) is 2. The van der Waals surface area contributed by atoms with E-state index in [-0.39, 0.29) is 0 Å². The third kappa shape index (κ3) is 1.42. The van der Waals surface area contributed by atoms with E-state index in [4.69, 9.17) is 4.42 Å². The zero-order valence-electron chi connectivity index (χ0n) is 8.44. The van der Waals surface area contributed by atoms with Gasteiger partial charge < -0.3 is 4.42 Å². The minimum Gasteiger partial charge on any atom is -0.408 e. The van der Waals surface area contributed by atoms with Crippen LogP contribution in [0.4, 0.5) is 0 Å². The summed E-state index contributed by atoms with van der Waals surface area (Å²) < 4.78 is 5.01. The van der Waals surface area contributed by atoms with E-state index in [0.29, 0.717) is 5.76 Å². The lowest BCUT2D eigenvalue weighted by molar-refractivity contribution is 0.528. The summed E-state index contributed by atoms with van der Waals surface area (Å²) in [5.74, 6) is 0.138. The number of fused-ring (bicyclic) bond motifs is 1. The molecule has 0 unspecified atom stereocenters. The summed E-state index contributed by atoms with van der Waals surface area (Å²) in [6.45, 7) is 0. The average molecular weight is 211 g/mol. The van der Waals surface area contributed by atoms with Crippen LogP contribution in [0.5, 0.6) is 0 Å². The molecule has 0 aliphatic carbocycles. The highest BCUT2D eigenvalue weighted by Gasteiger charge is 2.03. The molecule has 0 spiro atoms. The van der Waals surface area contributed by atoms with Gasteiger partial charge in [-0.1, -0.05) is 36.4 Å². The van der Waals surface area contributed by atoms with Crippen LogP contribution in [0.3, 0.4) is 0 Å². The summed E-state index contributed by atoms with van der Waals surface area (Å²) in [7, 11) is 0. The van der Waals surface area contributed by atoms with Gasteiger partial charge in [0.1, 0.15) is 0 Å². The Hall–Kier alpha value is -2.29. The smallest absolute Gasteiger partial charge is 0.408 e. The van der Waals surface area contributed by atoms with Crippen molar-refractivity contribution in [1.82, 2.24) is 4.98 Å². The van der Waals surface area contributed by atoms with E-state index >= 15 is 0 Å². The SMILES string of the molecule is O=c1[nH]cc(-c2ccc3ccccc3c2)o1. The Morgan fingerprint density at radius 3 is 2.56 bits per heavy atom. The van der Waals surface area contributed by atoms with Crippen molar-refractivity contribution < 1.29 is 4.42 Å². The molecule has 0 amide bonds. The van der Waals surface area contributed by atoms with Crippen molar-refractivity contribution in [3.8, 4) is 11.3 Å². The van der Waals surface area contributed by atoms with E-state index in [1.54, 1.807) is 6.20 Å². The zero-order chi connectivity index (χ0) is 11.0. The minimum absolute atomic E-state index is 0.428. The summed E-state index contributed by atoms with van der Waals surface area (Å²) >= 11 is 0. The fraction of sp³-hybridized carbons (Fsp3) is 0. The van der Waals surface area contributed by atoms with Gasteiger partial charge in [-0.05, 0) is 16.8 Å². The fourth-order valence-corrected chi connectivity index (χ4v) is 1.77. The first-order valence-corrected chi connectivity index (χ1v) is 5.01. The summed E-state index contributed by atoms with van der Waals surface area (Å²) in [6.07, 6.45) is 1.58. The number of aromatic amines is 1. The van der Waals surface area contributed by atoms with Gasteiger partial charge >= 0.3 is 5.76 Å². The maximum Gasteiger partial charge on any atom is 0.416 e. The lowest BCUT2D eigenvalue weighted by Crippen LogP contribution is -1.92. The largest absolute Gasteiger partial charge is 0.416 e. The number of aromatic nitrogens is 1. The second-order valence-electron chi connectivity index (χ2n) is 3.60. The molecular formula is C13H9NO2. The van der Waals surface area contributed by atoms with Gasteiger partial charge in [0.2, 0.25) is 0 Å². The van der Waals surface area contributed by atoms with Gasteiger partial charge in [0.05, 0.1) is 6.20 Å². The van der Waals surface area contributed by atoms with Crippen molar-refractivity contribution in [2.75, 3.05) is 0 Å². The Morgan fingerprint density at radius 2 is 1.81 bits per heavy atom. The lowest BCUT2D eigenvalue weighted by Gasteiger charge is -1.99. The summed E-state index contributed by atoms with van der Waals surface area (Å²) in [5.41, 5.74) is 0.900. The zero-order valence-corrected chi connectivity index (χ0v) is 8.44. The standard InChI is InChI=1S/C13H9NO2/c15-13-14-8-12(16-13)11-6-5-9-3-1-2-4-10(9)7-11/h1-8H,(H,14,15). The van der Waals surface area contributed by atoms with E-state index in [2.05, 4.69) is 4.98 Å². The molecule has 1 N–H and O–H groups in total. The van der Waals surface area contributed by atoms with Crippen LogP contribution < -0.4 is 5.76 Å². The maximum atomic E-state index is 10.9. The van der Waals surface area contributed by atoms with Gasteiger partial charge in [0.25, 0.3) is 0 Å². The molecule has 0 saturated heterocycles. The highest BCUT2D eigenvalue weighted by Crippen LogP contribution is 2.22. The predicted molar refractivity (Wildman–Crippen MR) is 62.3 cm³/mol. The van der Waals surface area contributed by atoms with Crippen LogP contribution in [-0.2, 0) is 0 Å². The topological polar surface area (TPSA) is 46.0 Å². The normalized spacial score (nSPS) is 10.8. The molecule has 3 nitrogen and oxygen atoms in total. The van der Waals surface area contributed by atoms with Crippen molar-refractivity contribution in [2.45, 2.75) is 0 Å². The molecule has 3 rings (SSSR count). The molecule has 0 bridgehead atoms. The van der Waals surface area contributed by atoms with E-state index in [1.807, 2.05) is 42.5 Å². The molecule has 1 aromatic heterocycles. The van der Waals surface area contributed by atoms with Crippen molar-refractivity contribution in [2.24, 2.45) is 0 Å². The number of oxazole rings is 1. The van der Waals surface area contributed by atoms with E-state index in [1.165, 1.54) is 5.39 Å². The fourth-order valence-electron chi connectivity index (χ4n) is 1.77. The van der Waals surface area contributed by atoms with Crippen LogP contribution in [0.15, 0.2) is 57.9 Å². The molecule has 3 aromatic rings. The third-order valence-corrected chi connectivity index (χ3v) is 2.56. The van der Waals surface area contributed by atoms with Crippen LogP contribution in [0, 0.1) is 0 Å². The Balaban J connectivity index is 2.22. The molecule has 78 valence electrons. The molecule has 3 heteroatoms. The minimum atomic E-state index is -0.428. The Morgan fingerprint density at radius 1 is 1.00 bits per heavy atom. The van der Waals surface area contributed by atoms with Crippen molar-refractivity contribution in [3.05, 3.63) is 59.2 Å². The van der Waals surface area contributed by atoms with Crippen LogP contribution in [0.25, 0.3) is 22.1 Å². The second-order valence-corrected chi connectivity index (χ2v) is 3.60. The third-order valence-electron chi connectivity index (χ3n) is 2.56.